The van der Waals surface area contributed by atoms with Crippen LogP contribution in [0, 0.1) is 0 Å². The lowest BCUT2D eigenvalue weighted by atomic mass is 10.1. The number of ether oxygens (including phenoxy) is 2. The van der Waals surface area contributed by atoms with Crippen LogP contribution in [0.25, 0.3) is 0 Å². The van der Waals surface area contributed by atoms with Gasteiger partial charge in [0.25, 0.3) is 0 Å². The quantitative estimate of drug-likeness (QED) is 0.773. The predicted octanol–water partition coefficient (Wildman–Crippen LogP) is 2.89. The molecule has 0 radical (unpaired) electrons. The summed E-state index contributed by atoms with van der Waals surface area (Å²) in [5, 5.41) is 12.7. The lowest BCUT2D eigenvalue weighted by molar-refractivity contribution is -0.153. The van der Waals surface area contributed by atoms with E-state index in [0.717, 1.165) is 5.56 Å². The van der Waals surface area contributed by atoms with E-state index >= 15 is 0 Å². The highest BCUT2D eigenvalue weighted by molar-refractivity contribution is 5.43. The van der Waals surface area contributed by atoms with Crippen LogP contribution >= 0.6 is 0 Å². The second-order valence-electron chi connectivity index (χ2n) is 5.53. The van der Waals surface area contributed by atoms with Gasteiger partial charge in [-0.05, 0) is 38.5 Å². The number of benzene rings is 1. The number of hydrogen-bond donors (Lipinski definition) is 2. The fraction of sp³-hybridized carbons (Fsp3) is 0.600. The first-order valence-electron chi connectivity index (χ1n) is 6.99. The Labute approximate surface area is 128 Å². The minimum atomic E-state index is -4.39. The van der Waals surface area contributed by atoms with Gasteiger partial charge < -0.3 is 19.9 Å². The molecule has 0 saturated carbocycles. The first kappa shape index (κ1) is 18.6. The second-order valence-corrected chi connectivity index (χ2v) is 5.53. The maximum absolute atomic E-state index is 12.2. The van der Waals surface area contributed by atoms with Crippen LogP contribution in [0.1, 0.15) is 26.3 Å². The molecule has 0 heterocycles. The Bertz CT molecular complexity index is 470. The molecule has 0 amide bonds. The molecule has 4 nitrogen and oxygen atoms in total. The maximum Gasteiger partial charge on any atom is 0.422 e. The highest BCUT2D eigenvalue weighted by Gasteiger charge is 2.29. The van der Waals surface area contributed by atoms with Gasteiger partial charge in [-0.25, -0.2) is 0 Å². The fourth-order valence-corrected chi connectivity index (χ4v) is 1.72. The molecule has 0 saturated heterocycles. The molecular formula is C15H22F3NO3. The zero-order chi connectivity index (χ0) is 16.8. The van der Waals surface area contributed by atoms with Crippen molar-refractivity contribution >= 4 is 0 Å². The fourth-order valence-electron chi connectivity index (χ4n) is 1.72. The maximum atomic E-state index is 12.2. The Hall–Kier alpha value is -1.47. The molecule has 126 valence electrons. The van der Waals surface area contributed by atoms with E-state index in [1.165, 1.54) is 6.07 Å². The average molecular weight is 321 g/mol. The summed E-state index contributed by atoms with van der Waals surface area (Å²) in [7, 11) is 0. The van der Waals surface area contributed by atoms with Crippen molar-refractivity contribution < 1.29 is 27.8 Å². The molecule has 1 rings (SSSR count). The van der Waals surface area contributed by atoms with Crippen molar-refractivity contribution in [3.8, 4) is 11.5 Å². The number of halogens is 3. The van der Waals surface area contributed by atoms with E-state index in [4.69, 9.17) is 9.47 Å². The number of nitrogens with one attached hydrogen (secondary N) is 1. The Balaban J connectivity index is 2.72. The van der Waals surface area contributed by atoms with Gasteiger partial charge >= 0.3 is 6.18 Å². The summed E-state index contributed by atoms with van der Waals surface area (Å²) in [5.41, 5.74) is -0.00883. The van der Waals surface area contributed by atoms with Crippen LogP contribution in [0.5, 0.6) is 11.5 Å². The summed E-state index contributed by atoms with van der Waals surface area (Å²) in [6.45, 7) is 4.92. The Morgan fingerprint density at radius 1 is 1.14 bits per heavy atom. The summed E-state index contributed by atoms with van der Waals surface area (Å²) in [4.78, 5) is 0. The summed E-state index contributed by atoms with van der Waals surface area (Å²) in [6.07, 6.45) is -4.39. The van der Waals surface area contributed by atoms with Crippen LogP contribution in [0.3, 0.4) is 0 Å². The van der Waals surface area contributed by atoms with Gasteiger partial charge in [0.15, 0.2) is 18.1 Å². The van der Waals surface area contributed by atoms with E-state index in [0.29, 0.717) is 19.7 Å². The molecule has 22 heavy (non-hydrogen) atoms. The Morgan fingerprint density at radius 2 is 1.82 bits per heavy atom. The minimum Gasteiger partial charge on any atom is -0.490 e. The van der Waals surface area contributed by atoms with Crippen LogP contribution in [0.4, 0.5) is 13.2 Å². The number of aliphatic hydroxyl groups is 1. The number of hydrogen-bond acceptors (Lipinski definition) is 4. The summed E-state index contributed by atoms with van der Waals surface area (Å²) >= 11 is 0. The van der Waals surface area contributed by atoms with Crippen molar-refractivity contribution in [3.63, 3.8) is 0 Å². The summed E-state index contributed by atoms with van der Waals surface area (Å²) in [5.74, 6) is 0.333. The third kappa shape index (κ3) is 7.51. The second kappa shape index (κ2) is 7.69. The molecule has 1 aromatic carbocycles. The molecule has 0 aliphatic carbocycles. The highest BCUT2D eigenvalue weighted by Crippen LogP contribution is 2.30. The molecule has 0 aromatic heterocycles. The average Bonchev–Trinajstić information content (AvgIpc) is 2.35. The molecule has 0 fully saturated rings. The van der Waals surface area contributed by atoms with Gasteiger partial charge in [0.2, 0.25) is 0 Å². The van der Waals surface area contributed by atoms with Crippen molar-refractivity contribution in [1.29, 1.82) is 0 Å². The normalized spacial score (nSPS) is 12.3. The Morgan fingerprint density at radius 3 is 2.36 bits per heavy atom. The molecule has 2 N–H and O–H groups in total. The monoisotopic (exact) mass is 321 g/mol. The van der Waals surface area contributed by atoms with Gasteiger partial charge in [-0.15, -0.1) is 0 Å². The SMILES string of the molecule is CCOc1cc(CNCC(C)(C)O)ccc1OCC(F)(F)F. The van der Waals surface area contributed by atoms with Gasteiger partial charge in [-0.2, -0.15) is 13.2 Å². The standard InChI is InChI=1S/C15H22F3NO3/c1-4-21-13-7-11(8-19-9-14(2,3)20)5-6-12(13)22-10-15(16,17)18/h5-7,19-20H,4,8-10H2,1-3H3. The molecule has 7 heteroatoms. The topological polar surface area (TPSA) is 50.7 Å². The number of rotatable bonds is 8. The first-order chi connectivity index (χ1) is 10.1. The zero-order valence-corrected chi connectivity index (χ0v) is 13.0. The van der Waals surface area contributed by atoms with E-state index < -0.39 is 18.4 Å². The molecule has 0 spiro atoms. The van der Waals surface area contributed by atoms with E-state index in [1.54, 1.807) is 32.9 Å². The van der Waals surface area contributed by atoms with Crippen LogP contribution in [0.15, 0.2) is 18.2 Å². The first-order valence-corrected chi connectivity index (χ1v) is 6.99. The van der Waals surface area contributed by atoms with Crippen LogP contribution in [-0.2, 0) is 6.54 Å². The molecule has 0 aliphatic heterocycles. The molecule has 1 aromatic rings. The largest absolute Gasteiger partial charge is 0.490 e. The van der Waals surface area contributed by atoms with Gasteiger partial charge in [-0.1, -0.05) is 6.07 Å². The minimum absolute atomic E-state index is 0.0606. The molecule has 0 aliphatic rings. The van der Waals surface area contributed by atoms with E-state index in [9.17, 15) is 18.3 Å². The zero-order valence-electron chi connectivity index (χ0n) is 13.0. The van der Waals surface area contributed by atoms with Crippen molar-refractivity contribution in [2.75, 3.05) is 19.8 Å². The smallest absolute Gasteiger partial charge is 0.422 e. The van der Waals surface area contributed by atoms with Crippen molar-refractivity contribution in [2.24, 2.45) is 0 Å². The summed E-state index contributed by atoms with van der Waals surface area (Å²) < 4.78 is 46.7. The Kier molecular flexibility index (Phi) is 6.49. The lowest BCUT2D eigenvalue weighted by Gasteiger charge is -2.18. The van der Waals surface area contributed by atoms with Gasteiger partial charge in [-0.3, -0.25) is 0 Å². The third-order valence-electron chi connectivity index (χ3n) is 2.59. The van der Waals surface area contributed by atoms with Gasteiger partial charge in [0.1, 0.15) is 0 Å². The van der Waals surface area contributed by atoms with E-state index in [-0.39, 0.29) is 11.5 Å². The summed E-state index contributed by atoms with van der Waals surface area (Å²) in [6, 6.07) is 4.75. The van der Waals surface area contributed by atoms with Crippen molar-refractivity contribution in [1.82, 2.24) is 5.32 Å². The van der Waals surface area contributed by atoms with E-state index in [1.807, 2.05) is 0 Å². The van der Waals surface area contributed by atoms with Gasteiger partial charge in [0, 0.05) is 13.1 Å². The van der Waals surface area contributed by atoms with Gasteiger partial charge in [0.05, 0.1) is 12.2 Å². The van der Waals surface area contributed by atoms with Crippen LogP contribution < -0.4 is 14.8 Å². The molecule has 0 bridgehead atoms. The van der Waals surface area contributed by atoms with Crippen LogP contribution in [-0.4, -0.2) is 36.6 Å². The lowest BCUT2D eigenvalue weighted by Crippen LogP contribution is -2.34. The number of alkyl halides is 3. The molecule has 0 atom stereocenters. The van der Waals surface area contributed by atoms with Crippen molar-refractivity contribution in [2.45, 2.75) is 39.1 Å². The van der Waals surface area contributed by atoms with Crippen molar-refractivity contribution in [3.05, 3.63) is 23.8 Å². The van der Waals surface area contributed by atoms with E-state index in [2.05, 4.69) is 5.32 Å². The highest BCUT2D eigenvalue weighted by atomic mass is 19.4. The molecular weight excluding hydrogens is 299 g/mol. The van der Waals surface area contributed by atoms with Crippen LogP contribution in [0.2, 0.25) is 0 Å². The molecule has 0 unspecified atom stereocenters. The third-order valence-corrected chi connectivity index (χ3v) is 2.59. The predicted molar refractivity (Wildman–Crippen MR) is 77.2 cm³/mol.